The number of ether oxygens (including phenoxy) is 1. The predicted molar refractivity (Wildman–Crippen MR) is 87.4 cm³/mol. The fourth-order valence-electron chi connectivity index (χ4n) is 2.91. The summed E-state index contributed by atoms with van der Waals surface area (Å²) < 4.78 is 5.59. The molecule has 1 aliphatic rings. The van der Waals surface area contributed by atoms with Crippen LogP contribution < -0.4 is 5.32 Å². The molecule has 1 amide bonds. The van der Waals surface area contributed by atoms with E-state index in [1.54, 1.807) is 12.1 Å². The molecule has 2 rings (SSSR count). The van der Waals surface area contributed by atoms with Gasteiger partial charge in [-0.3, -0.25) is 9.59 Å². The van der Waals surface area contributed by atoms with E-state index in [1.807, 2.05) is 19.1 Å². The molecule has 1 aliphatic heterocycles. The summed E-state index contributed by atoms with van der Waals surface area (Å²) in [6.07, 6.45) is 2.65. The predicted octanol–water partition coefficient (Wildman–Crippen LogP) is 2.63. The Hall–Kier alpha value is -1.88. The van der Waals surface area contributed by atoms with Crippen molar-refractivity contribution in [1.82, 2.24) is 5.32 Å². The van der Waals surface area contributed by atoms with E-state index in [1.165, 1.54) is 0 Å². The number of hydrogen-bond donors (Lipinski definition) is 2. The van der Waals surface area contributed by atoms with Gasteiger partial charge in [0, 0.05) is 19.1 Å². The number of aryl methyl sites for hydroxylation is 1. The van der Waals surface area contributed by atoms with Crippen LogP contribution in [0.3, 0.4) is 0 Å². The first-order chi connectivity index (χ1) is 11.0. The molecule has 1 aromatic carbocycles. The fraction of sp³-hybridized carbons (Fsp3) is 0.556. The molecule has 5 heteroatoms. The van der Waals surface area contributed by atoms with Crippen LogP contribution in [0, 0.1) is 6.92 Å². The van der Waals surface area contributed by atoms with Gasteiger partial charge in [-0.1, -0.05) is 36.8 Å². The van der Waals surface area contributed by atoms with Crippen LogP contribution in [0.15, 0.2) is 24.3 Å². The lowest BCUT2D eigenvalue weighted by atomic mass is 9.94. The van der Waals surface area contributed by atoms with E-state index >= 15 is 0 Å². The molecule has 1 heterocycles. The van der Waals surface area contributed by atoms with Crippen LogP contribution in [-0.2, 0) is 14.3 Å². The zero-order valence-corrected chi connectivity index (χ0v) is 13.7. The van der Waals surface area contributed by atoms with Crippen LogP contribution in [-0.4, -0.2) is 35.7 Å². The number of nitrogens with one attached hydrogen (secondary N) is 1. The Labute approximate surface area is 137 Å². The van der Waals surface area contributed by atoms with E-state index < -0.39 is 11.9 Å². The summed E-state index contributed by atoms with van der Waals surface area (Å²) in [6.45, 7) is 4.65. The van der Waals surface area contributed by atoms with Crippen molar-refractivity contribution in [3.05, 3.63) is 35.4 Å². The quantitative estimate of drug-likeness (QED) is 0.845. The second-order valence-corrected chi connectivity index (χ2v) is 6.20. The molecule has 3 atom stereocenters. The van der Waals surface area contributed by atoms with Crippen molar-refractivity contribution >= 4 is 11.9 Å². The van der Waals surface area contributed by atoms with Gasteiger partial charge in [0.1, 0.15) is 0 Å². The summed E-state index contributed by atoms with van der Waals surface area (Å²) in [4.78, 5) is 23.8. The van der Waals surface area contributed by atoms with Crippen LogP contribution in [0.25, 0.3) is 0 Å². The molecule has 23 heavy (non-hydrogen) atoms. The Bertz CT molecular complexity index is 540. The first-order valence-electron chi connectivity index (χ1n) is 8.20. The molecule has 5 nitrogen and oxygen atoms in total. The molecule has 1 saturated heterocycles. The van der Waals surface area contributed by atoms with Crippen LogP contribution in [0.4, 0.5) is 0 Å². The molecule has 0 aliphatic carbocycles. The molecule has 126 valence electrons. The third kappa shape index (κ3) is 5.06. The van der Waals surface area contributed by atoms with E-state index in [2.05, 4.69) is 12.2 Å². The summed E-state index contributed by atoms with van der Waals surface area (Å²) in [7, 11) is 0. The highest BCUT2D eigenvalue weighted by molar-refractivity contribution is 5.85. The van der Waals surface area contributed by atoms with Crippen LogP contribution in [0.1, 0.15) is 49.7 Å². The van der Waals surface area contributed by atoms with Gasteiger partial charge in [-0.05, 0) is 31.7 Å². The number of hydrogen-bond acceptors (Lipinski definition) is 3. The van der Waals surface area contributed by atoms with E-state index in [0.29, 0.717) is 12.2 Å². The van der Waals surface area contributed by atoms with Crippen LogP contribution in [0.2, 0.25) is 0 Å². The van der Waals surface area contributed by atoms with Gasteiger partial charge < -0.3 is 15.2 Å². The second-order valence-electron chi connectivity index (χ2n) is 6.20. The second kappa shape index (κ2) is 8.11. The topological polar surface area (TPSA) is 75.6 Å². The lowest BCUT2D eigenvalue weighted by Gasteiger charge is -2.29. The molecular formula is C18H25NO4. The zero-order valence-electron chi connectivity index (χ0n) is 13.7. The number of benzene rings is 1. The molecule has 0 aromatic heterocycles. The van der Waals surface area contributed by atoms with Gasteiger partial charge >= 0.3 is 5.97 Å². The van der Waals surface area contributed by atoms with E-state index in [0.717, 1.165) is 24.8 Å². The number of aliphatic carboxylic acids is 1. The van der Waals surface area contributed by atoms with Gasteiger partial charge in [0.05, 0.1) is 12.0 Å². The molecule has 3 unspecified atom stereocenters. The summed E-state index contributed by atoms with van der Waals surface area (Å²) in [5.41, 5.74) is 1.73. The minimum absolute atomic E-state index is 0.0352. The molecule has 0 saturated carbocycles. The summed E-state index contributed by atoms with van der Waals surface area (Å²) in [5, 5.41) is 12.4. The number of carboxylic acids is 1. The highest BCUT2D eigenvalue weighted by Crippen LogP contribution is 2.22. The highest BCUT2D eigenvalue weighted by atomic mass is 16.5. The van der Waals surface area contributed by atoms with Gasteiger partial charge in [0.15, 0.2) is 0 Å². The van der Waals surface area contributed by atoms with Crippen molar-refractivity contribution < 1.29 is 19.4 Å². The minimum Gasteiger partial charge on any atom is -0.481 e. The Morgan fingerprint density at radius 3 is 2.65 bits per heavy atom. The molecule has 2 N–H and O–H groups in total. The Morgan fingerprint density at radius 1 is 1.35 bits per heavy atom. The van der Waals surface area contributed by atoms with Gasteiger partial charge in [0.25, 0.3) is 0 Å². The van der Waals surface area contributed by atoms with Crippen molar-refractivity contribution in [3.63, 3.8) is 0 Å². The average molecular weight is 319 g/mol. The molecule has 1 fully saturated rings. The van der Waals surface area contributed by atoms with E-state index in [4.69, 9.17) is 4.74 Å². The molecule has 0 bridgehead atoms. The largest absolute Gasteiger partial charge is 0.481 e. The zero-order chi connectivity index (χ0) is 16.8. The minimum atomic E-state index is -0.970. The summed E-state index contributed by atoms with van der Waals surface area (Å²) in [6, 6.07) is 7.38. The first-order valence-corrected chi connectivity index (χ1v) is 8.20. The lowest BCUT2D eigenvalue weighted by molar-refractivity contribution is -0.141. The Balaban J connectivity index is 1.95. The highest BCUT2D eigenvalue weighted by Gasteiger charge is 2.26. The average Bonchev–Trinajstić information content (AvgIpc) is 2.53. The van der Waals surface area contributed by atoms with Gasteiger partial charge in [-0.25, -0.2) is 0 Å². The fourth-order valence-corrected chi connectivity index (χ4v) is 2.91. The number of carboxylic acid groups (broad SMARTS) is 1. The molecule has 0 radical (unpaired) electrons. The van der Waals surface area contributed by atoms with E-state index in [9.17, 15) is 14.7 Å². The molecule has 1 aromatic rings. The maximum atomic E-state index is 12.2. The molecular weight excluding hydrogens is 294 g/mol. The van der Waals surface area contributed by atoms with Crippen molar-refractivity contribution in [2.75, 3.05) is 6.61 Å². The third-order valence-corrected chi connectivity index (χ3v) is 4.36. The summed E-state index contributed by atoms with van der Waals surface area (Å²) in [5.74, 6) is -1.99. The maximum Gasteiger partial charge on any atom is 0.311 e. The Morgan fingerprint density at radius 2 is 2.04 bits per heavy atom. The smallest absolute Gasteiger partial charge is 0.311 e. The van der Waals surface area contributed by atoms with Crippen molar-refractivity contribution in [2.24, 2.45) is 0 Å². The van der Waals surface area contributed by atoms with Gasteiger partial charge in [-0.2, -0.15) is 0 Å². The van der Waals surface area contributed by atoms with Gasteiger partial charge in [-0.15, -0.1) is 0 Å². The third-order valence-electron chi connectivity index (χ3n) is 4.36. The van der Waals surface area contributed by atoms with E-state index in [-0.39, 0.29) is 24.5 Å². The normalized spacial score (nSPS) is 22.3. The molecule has 0 spiro atoms. The number of carbonyl (C=O) groups excluding carboxylic acids is 1. The summed E-state index contributed by atoms with van der Waals surface area (Å²) >= 11 is 0. The monoisotopic (exact) mass is 319 g/mol. The number of carbonyl (C=O) groups is 2. The number of amides is 1. The lowest BCUT2D eigenvalue weighted by Crippen LogP contribution is -2.42. The standard InChI is InChI=1S/C18H25NO4/c1-3-15-10-14(8-9-23-15)19-17(20)11-16(18(21)22)13-6-4-12(2)5-7-13/h4-7,14-16H,3,8-11H2,1-2H3,(H,19,20)(H,21,22). The van der Waals surface area contributed by atoms with Crippen LogP contribution >= 0.6 is 0 Å². The Kier molecular flexibility index (Phi) is 6.16. The maximum absolute atomic E-state index is 12.2. The van der Waals surface area contributed by atoms with Crippen molar-refractivity contribution in [1.29, 1.82) is 0 Å². The van der Waals surface area contributed by atoms with Crippen molar-refractivity contribution in [2.45, 2.75) is 57.6 Å². The SMILES string of the molecule is CCC1CC(NC(=O)CC(C(=O)O)c2ccc(C)cc2)CCO1. The number of rotatable bonds is 6. The van der Waals surface area contributed by atoms with Gasteiger partial charge in [0.2, 0.25) is 5.91 Å². The van der Waals surface area contributed by atoms with Crippen LogP contribution in [0.5, 0.6) is 0 Å². The first kappa shape index (κ1) is 17.5. The van der Waals surface area contributed by atoms with Crippen molar-refractivity contribution in [3.8, 4) is 0 Å².